The minimum Gasteiger partial charge on any atom is -0.480 e. The second-order valence-electron chi connectivity index (χ2n) is 6.11. The lowest BCUT2D eigenvalue weighted by atomic mass is 9.56. The van der Waals surface area contributed by atoms with Crippen LogP contribution in [0.2, 0.25) is 0 Å². The smallest absolute Gasteiger partial charge is 0.317 e. The topological polar surface area (TPSA) is 66.4 Å². The molecule has 1 aromatic rings. The Morgan fingerprint density at radius 1 is 1.15 bits per heavy atom. The molecule has 4 heteroatoms. The summed E-state index contributed by atoms with van der Waals surface area (Å²) < 4.78 is 0. The van der Waals surface area contributed by atoms with Crippen LogP contribution in [0.3, 0.4) is 0 Å². The number of hydrogen-bond donors (Lipinski definition) is 2. The van der Waals surface area contributed by atoms with Crippen molar-refractivity contribution >= 4 is 11.8 Å². The van der Waals surface area contributed by atoms with Gasteiger partial charge in [-0.05, 0) is 31.2 Å². The lowest BCUT2D eigenvalue weighted by Gasteiger charge is -2.50. The first kappa shape index (κ1) is 13.3. The van der Waals surface area contributed by atoms with Crippen LogP contribution >= 0.6 is 0 Å². The molecule has 106 valence electrons. The molecule has 0 spiro atoms. The zero-order valence-corrected chi connectivity index (χ0v) is 11.4. The largest absolute Gasteiger partial charge is 0.480 e. The molecule has 0 unspecified atom stereocenters. The minimum absolute atomic E-state index is 0.0944. The van der Waals surface area contributed by atoms with Crippen LogP contribution in [0, 0.1) is 5.41 Å². The van der Waals surface area contributed by atoms with E-state index in [1.807, 2.05) is 18.2 Å². The number of carboxylic acid groups (broad SMARTS) is 1. The number of hydrogen-bond acceptors (Lipinski definition) is 3. The normalized spacial score (nSPS) is 32.3. The summed E-state index contributed by atoms with van der Waals surface area (Å²) in [6, 6.07) is 10.1. The summed E-state index contributed by atoms with van der Waals surface area (Å²) in [7, 11) is 0. The van der Waals surface area contributed by atoms with E-state index in [-0.39, 0.29) is 11.3 Å². The summed E-state index contributed by atoms with van der Waals surface area (Å²) in [5.74, 6) is -1.03. The zero-order chi connectivity index (χ0) is 14.2. The molecule has 0 radical (unpaired) electrons. The number of fused-ring (bicyclic) bond motifs is 3. The highest BCUT2D eigenvalue weighted by atomic mass is 16.4. The molecular formula is C16H19NO3. The summed E-state index contributed by atoms with van der Waals surface area (Å²) in [6.45, 7) is 0.730. The average molecular weight is 273 g/mol. The van der Waals surface area contributed by atoms with Gasteiger partial charge in [-0.15, -0.1) is 0 Å². The molecule has 20 heavy (non-hydrogen) atoms. The number of carbonyl (C=O) groups excluding carboxylic acids is 1. The van der Waals surface area contributed by atoms with Crippen LogP contribution in [0.4, 0.5) is 0 Å². The number of Topliss-reactive ketones (excluding diaryl/α,β-unsaturated/α-hetero) is 1. The highest BCUT2D eigenvalue weighted by Gasteiger charge is 2.58. The molecule has 0 aliphatic heterocycles. The zero-order valence-electron chi connectivity index (χ0n) is 11.4. The van der Waals surface area contributed by atoms with Crippen LogP contribution < -0.4 is 5.32 Å². The number of carboxylic acids is 1. The van der Waals surface area contributed by atoms with Gasteiger partial charge in [0, 0.05) is 18.5 Å². The van der Waals surface area contributed by atoms with Gasteiger partial charge >= 0.3 is 5.97 Å². The molecule has 4 nitrogen and oxygen atoms in total. The average Bonchev–Trinajstić information content (AvgIpc) is 2.47. The molecule has 2 N–H and O–H groups in total. The molecule has 3 aliphatic carbocycles. The molecule has 0 aromatic heterocycles. The number of nitrogens with one attached hydrogen (secondary N) is 1. The Morgan fingerprint density at radius 2 is 1.80 bits per heavy atom. The molecule has 2 bridgehead atoms. The summed E-state index contributed by atoms with van der Waals surface area (Å²) in [6.07, 6.45) is 2.85. The third kappa shape index (κ3) is 2.04. The fourth-order valence-electron chi connectivity index (χ4n) is 3.55. The molecule has 3 aliphatic rings. The summed E-state index contributed by atoms with van der Waals surface area (Å²) >= 11 is 0. The second-order valence-corrected chi connectivity index (χ2v) is 6.11. The molecule has 0 heterocycles. The van der Waals surface area contributed by atoms with Crippen molar-refractivity contribution in [1.82, 2.24) is 5.32 Å². The van der Waals surface area contributed by atoms with E-state index in [9.17, 15) is 14.7 Å². The van der Waals surface area contributed by atoms with E-state index in [1.54, 1.807) is 0 Å². The lowest BCUT2D eigenvalue weighted by Crippen LogP contribution is -2.61. The minimum atomic E-state index is -1.09. The molecule has 0 atom stereocenters. The molecule has 3 fully saturated rings. The van der Waals surface area contributed by atoms with Crippen molar-refractivity contribution in [2.24, 2.45) is 5.41 Å². The van der Waals surface area contributed by atoms with Gasteiger partial charge < -0.3 is 10.4 Å². The first-order chi connectivity index (χ1) is 9.56. The van der Waals surface area contributed by atoms with Gasteiger partial charge in [0.25, 0.3) is 0 Å². The Morgan fingerprint density at radius 3 is 2.35 bits per heavy atom. The Balaban J connectivity index is 1.71. The monoisotopic (exact) mass is 273 g/mol. The van der Waals surface area contributed by atoms with Crippen LogP contribution in [0.25, 0.3) is 0 Å². The number of rotatable bonds is 4. The van der Waals surface area contributed by atoms with Gasteiger partial charge in [-0.25, -0.2) is 0 Å². The van der Waals surface area contributed by atoms with E-state index in [0.717, 1.165) is 19.4 Å². The predicted octanol–water partition coefficient (Wildman–Crippen LogP) is 2.13. The van der Waals surface area contributed by atoms with Gasteiger partial charge in [0.2, 0.25) is 0 Å². The van der Waals surface area contributed by atoms with Crippen molar-refractivity contribution in [2.75, 3.05) is 0 Å². The number of ketones is 1. The van der Waals surface area contributed by atoms with Crippen LogP contribution in [-0.2, 0) is 16.1 Å². The number of aliphatic carboxylic acids is 1. The fraction of sp³-hybridized carbons (Fsp3) is 0.500. The standard InChI is InChI=1S/C16H19NO3/c18-13-10-15(17-11-12-4-2-1-3-5-12)6-8-16(13,9-7-15)14(19)20/h1-5,17H,6-11H2,(H,19,20). The van der Waals surface area contributed by atoms with E-state index >= 15 is 0 Å². The Labute approximate surface area is 118 Å². The quantitative estimate of drug-likeness (QED) is 0.825. The van der Waals surface area contributed by atoms with E-state index in [2.05, 4.69) is 17.4 Å². The Kier molecular flexibility index (Phi) is 3.13. The maximum Gasteiger partial charge on any atom is 0.317 e. The molecule has 3 saturated carbocycles. The van der Waals surface area contributed by atoms with E-state index in [0.29, 0.717) is 19.3 Å². The molecule has 0 amide bonds. The SMILES string of the molecule is O=C(O)C12CCC(NCc3ccccc3)(CC1)CC2=O. The van der Waals surface area contributed by atoms with Crippen LogP contribution in [0.5, 0.6) is 0 Å². The first-order valence-corrected chi connectivity index (χ1v) is 7.12. The molecule has 0 saturated heterocycles. The highest BCUT2D eigenvalue weighted by Crippen LogP contribution is 2.50. The van der Waals surface area contributed by atoms with Crippen LogP contribution in [0.15, 0.2) is 30.3 Å². The Hall–Kier alpha value is -1.68. The van der Waals surface area contributed by atoms with Crippen molar-refractivity contribution < 1.29 is 14.7 Å². The van der Waals surface area contributed by atoms with E-state index in [4.69, 9.17) is 0 Å². The summed E-state index contributed by atoms with van der Waals surface area (Å²) in [5, 5.41) is 12.8. The van der Waals surface area contributed by atoms with Crippen molar-refractivity contribution in [3.8, 4) is 0 Å². The van der Waals surface area contributed by atoms with Crippen molar-refractivity contribution in [3.05, 3.63) is 35.9 Å². The van der Waals surface area contributed by atoms with Gasteiger partial charge in [-0.1, -0.05) is 30.3 Å². The number of benzene rings is 1. The molecule has 1 aromatic carbocycles. The van der Waals surface area contributed by atoms with Crippen LogP contribution in [0.1, 0.15) is 37.7 Å². The maximum atomic E-state index is 12.2. The molecular weight excluding hydrogens is 254 g/mol. The van der Waals surface area contributed by atoms with Crippen molar-refractivity contribution in [2.45, 2.75) is 44.2 Å². The maximum absolute atomic E-state index is 12.2. The second kappa shape index (κ2) is 4.70. The van der Waals surface area contributed by atoms with E-state index < -0.39 is 11.4 Å². The summed E-state index contributed by atoms with van der Waals surface area (Å²) in [4.78, 5) is 23.6. The van der Waals surface area contributed by atoms with Crippen molar-refractivity contribution in [1.29, 1.82) is 0 Å². The van der Waals surface area contributed by atoms with Gasteiger partial charge in [0.1, 0.15) is 5.41 Å². The van der Waals surface area contributed by atoms with Crippen molar-refractivity contribution in [3.63, 3.8) is 0 Å². The first-order valence-electron chi connectivity index (χ1n) is 7.12. The Bertz CT molecular complexity index is 530. The predicted molar refractivity (Wildman–Crippen MR) is 74.2 cm³/mol. The number of carbonyl (C=O) groups is 2. The highest BCUT2D eigenvalue weighted by molar-refractivity contribution is 6.04. The molecule has 4 rings (SSSR count). The van der Waals surface area contributed by atoms with Gasteiger partial charge in [-0.2, -0.15) is 0 Å². The van der Waals surface area contributed by atoms with Gasteiger partial charge in [0.05, 0.1) is 0 Å². The van der Waals surface area contributed by atoms with Gasteiger partial charge in [-0.3, -0.25) is 9.59 Å². The fourth-order valence-corrected chi connectivity index (χ4v) is 3.55. The third-order valence-corrected chi connectivity index (χ3v) is 5.01. The van der Waals surface area contributed by atoms with Gasteiger partial charge in [0.15, 0.2) is 5.78 Å². The third-order valence-electron chi connectivity index (χ3n) is 5.01. The van der Waals surface area contributed by atoms with Crippen LogP contribution in [-0.4, -0.2) is 22.4 Å². The summed E-state index contributed by atoms with van der Waals surface area (Å²) in [5.41, 5.74) is -0.0877. The van der Waals surface area contributed by atoms with E-state index in [1.165, 1.54) is 5.56 Å². The lowest BCUT2D eigenvalue weighted by molar-refractivity contribution is -0.164.